The molecule has 4 heterocycles. The number of rotatable bonds is 31. The fourth-order valence-corrected chi connectivity index (χ4v) is 20.0. The first-order chi connectivity index (χ1) is 50.5. The molecule has 2 bridgehead atoms. The van der Waals surface area contributed by atoms with E-state index in [1.807, 2.05) is 93.9 Å². The number of nitrogens with one attached hydrogen (secondary N) is 5. The number of aliphatic hydroxyl groups excluding tert-OH is 1. The SMILES string of the molecule is Cc1ncsc1-c1ccc([C@H](C)NC(=O)[C@@H]2C[C@@H](O)CN2C(=O)[C@@H](NC(=O)CCCCCCNC(=O)[C@H]2CCN(CC[C@H](CSc3ccccc3)Nc3ccc(S(=O)(=O)NC(=O)c4ccc(N5CCN(CC6=C(C78CC(C(F)F)(C7)C8)CC(C)(C)CC6)CC5)cc4)cc3S(=O)(=O)C(F)(F)F)C2)C(C)(C)C)cc1. The van der Waals surface area contributed by atoms with Crippen molar-refractivity contribution in [2.45, 2.75) is 195 Å². The number of aromatic nitrogens is 1. The number of thioether (sulfide) groups is 1. The monoisotopic (exact) mass is 1560 g/mol. The summed E-state index contributed by atoms with van der Waals surface area (Å²) < 4.78 is 128. The standard InChI is InChI=1S/C78H101F5N10O10S4/c1-50(52-18-20-53(21-19-52)67-51(2)85-49-105-67)86-71(98)64-39-59(94)44-93(64)72(99)68(74(3,4)5)88-66(95)17-13-8-9-14-32-84-69(96)56-29-33-90(43-56)34-30-57(45-104-60-15-11-10-12-16-60)87-63-27-26-61(40-65(63)106(100,101)78(81,82)83)107(102,103)89-70(97)54-22-24-58(25-23-54)92-37-35-91(36-38-92)42-55-28-31-75(6,7)41-62(55)76-46-77(47-76,48-76)73(79)80/h10-12,15-16,18-27,40,49-50,56-57,59,64,68,73,87,94H,8-9,13-14,17,28-39,41-48H2,1-7H3,(H,84,96)(H,86,98)(H,88,95)(H,89,97)/t50-,56-,57+,59+,64-,68+,76?,77?/m0/s1. The van der Waals surface area contributed by atoms with Crippen molar-refractivity contribution in [1.82, 2.24) is 40.4 Å². The van der Waals surface area contributed by atoms with Crippen molar-refractivity contribution in [1.29, 1.82) is 0 Å². The van der Waals surface area contributed by atoms with E-state index < -0.39 is 106 Å². The first kappa shape index (κ1) is 81.0. The quantitative estimate of drug-likeness (QED) is 0.0104. The molecule has 0 spiro atoms. The number of amides is 5. The number of aliphatic hydroxyl groups is 1. The van der Waals surface area contributed by atoms with Crippen molar-refractivity contribution < 1.29 is 67.9 Å². The molecule has 3 saturated heterocycles. The van der Waals surface area contributed by atoms with Gasteiger partial charge >= 0.3 is 5.51 Å². The van der Waals surface area contributed by atoms with E-state index in [-0.39, 0.29) is 65.7 Å². The van der Waals surface area contributed by atoms with E-state index in [0.29, 0.717) is 96.7 Å². The Morgan fingerprint density at radius 2 is 1.50 bits per heavy atom. The summed E-state index contributed by atoms with van der Waals surface area (Å²) in [6.07, 6.45) is 5.00. The summed E-state index contributed by atoms with van der Waals surface area (Å²) in [5.41, 5.74) is 0.303. The number of carbonyl (C=O) groups is 5. The maximum atomic E-state index is 14.6. The molecule has 0 unspecified atom stereocenters. The number of allylic oxidation sites excluding steroid dienone is 1. The molecule has 6 fully saturated rings. The summed E-state index contributed by atoms with van der Waals surface area (Å²) in [6, 6.07) is 22.6. The Morgan fingerprint density at radius 1 is 0.813 bits per heavy atom. The first-order valence-corrected chi connectivity index (χ1v) is 42.0. The van der Waals surface area contributed by atoms with Crippen LogP contribution in [0.2, 0.25) is 0 Å². The summed E-state index contributed by atoms with van der Waals surface area (Å²) in [7, 11) is -11.2. The number of unbranched alkanes of at least 4 members (excludes halogenated alkanes) is 3. The van der Waals surface area contributed by atoms with E-state index in [2.05, 4.69) is 54.8 Å². The van der Waals surface area contributed by atoms with Gasteiger partial charge in [0.2, 0.25) is 30.1 Å². The highest BCUT2D eigenvalue weighted by Crippen LogP contribution is 2.79. The van der Waals surface area contributed by atoms with Crippen molar-refractivity contribution >= 4 is 83.9 Å². The van der Waals surface area contributed by atoms with Crippen LogP contribution in [0.4, 0.5) is 33.3 Å². The minimum atomic E-state index is -6.20. The third-order valence-corrected chi connectivity index (χ3v) is 27.4. The number of hydrogen-bond acceptors (Lipinski definition) is 17. The second-order valence-electron chi connectivity index (χ2n) is 32.1. The summed E-state index contributed by atoms with van der Waals surface area (Å²) in [4.78, 5) is 80.5. The number of alkyl halides is 5. The van der Waals surface area contributed by atoms with Gasteiger partial charge in [-0.25, -0.2) is 35.3 Å². The Kier molecular flexibility index (Phi) is 25.2. The van der Waals surface area contributed by atoms with Gasteiger partial charge in [-0.05, 0) is 167 Å². The topological polar surface area (TPSA) is 260 Å². The number of benzene rings is 4. The number of β-amino-alcohol motifs (C(OH)–C–C–N with tert-alkyl or cyclic N) is 1. The molecule has 6 atom stereocenters. The highest BCUT2D eigenvalue weighted by Gasteiger charge is 2.73. The molecule has 5 aromatic rings. The molecular formula is C78H101F5N10O10S4. The number of piperazine rings is 1. The molecule has 12 rings (SSSR count). The number of sulfonamides is 1. The molecule has 29 heteroatoms. The molecule has 0 radical (unpaired) electrons. The lowest BCUT2D eigenvalue weighted by Crippen LogP contribution is -2.66. The van der Waals surface area contributed by atoms with Crippen molar-refractivity contribution in [2.24, 2.45) is 27.6 Å². The van der Waals surface area contributed by atoms with Crippen LogP contribution in [0.5, 0.6) is 0 Å². The Balaban J connectivity index is 0.631. The number of hydrogen-bond donors (Lipinski definition) is 6. The number of carbonyl (C=O) groups excluding carboxylic acids is 5. The van der Waals surface area contributed by atoms with Gasteiger partial charge < -0.3 is 41.1 Å². The Hall–Kier alpha value is -7.02. The lowest BCUT2D eigenvalue weighted by molar-refractivity contribution is -0.250. The van der Waals surface area contributed by atoms with Crippen LogP contribution in [-0.4, -0.2) is 179 Å². The number of thiazole rings is 1. The summed E-state index contributed by atoms with van der Waals surface area (Å²) in [5.74, 6) is -2.53. The molecule has 7 aliphatic rings. The number of aryl methyl sites for hydroxylation is 1. The Morgan fingerprint density at radius 3 is 2.16 bits per heavy atom. The van der Waals surface area contributed by atoms with Gasteiger partial charge in [0.15, 0.2) is 0 Å². The second kappa shape index (κ2) is 33.3. The number of sulfone groups is 1. The Labute approximate surface area is 633 Å². The molecule has 1 aromatic heterocycles. The van der Waals surface area contributed by atoms with Gasteiger partial charge in [0.1, 0.15) is 17.0 Å². The maximum Gasteiger partial charge on any atom is 0.501 e. The summed E-state index contributed by atoms with van der Waals surface area (Å²) >= 11 is 2.93. The zero-order valence-electron chi connectivity index (χ0n) is 61.9. The number of likely N-dealkylation sites (tertiary alicyclic amines) is 2. The van der Waals surface area contributed by atoms with Crippen LogP contribution in [0.3, 0.4) is 0 Å². The van der Waals surface area contributed by atoms with Gasteiger partial charge in [0, 0.05) is 105 Å². The van der Waals surface area contributed by atoms with Gasteiger partial charge in [-0.1, -0.05) is 101 Å². The van der Waals surface area contributed by atoms with Crippen LogP contribution >= 0.6 is 23.1 Å². The van der Waals surface area contributed by atoms with E-state index in [1.165, 1.54) is 39.9 Å². The first-order valence-electron chi connectivity index (χ1n) is 37.2. The molecule has 3 saturated carbocycles. The summed E-state index contributed by atoms with van der Waals surface area (Å²) in [5, 5.41) is 22.7. The second-order valence-corrected chi connectivity index (χ2v) is 37.7. The fourth-order valence-electron chi connectivity index (χ4n) is 16.2. The van der Waals surface area contributed by atoms with Crippen molar-refractivity contribution in [3.8, 4) is 10.4 Å². The number of anilines is 2. The maximum absolute atomic E-state index is 14.6. The van der Waals surface area contributed by atoms with Crippen LogP contribution in [0.1, 0.15) is 159 Å². The van der Waals surface area contributed by atoms with E-state index in [9.17, 15) is 67.9 Å². The van der Waals surface area contributed by atoms with Crippen molar-refractivity contribution in [3.63, 3.8) is 0 Å². The van der Waals surface area contributed by atoms with Crippen LogP contribution in [0.15, 0.2) is 128 Å². The molecule has 107 heavy (non-hydrogen) atoms. The lowest BCUT2D eigenvalue weighted by atomic mass is 9.32. The smallest absolute Gasteiger partial charge is 0.391 e. The number of nitrogens with zero attached hydrogens (tertiary/aromatic N) is 5. The predicted octanol–water partition coefficient (Wildman–Crippen LogP) is 12.3. The minimum Gasteiger partial charge on any atom is -0.391 e. The third-order valence-electron chi connectivity index (χ3n) is 22.4. The fraction of sp³-hybridized carbons (Fsp3) is 0.564. The van der Waals surface area contributed by atoms with Gasteiger partial charge in [-0.2, -0.15) is 13.2 Å². The average molecular weight is 1560 g/mol. The zero-order chi connectivity index (χ0) is 77.0. The molecule has 4 aliphatic carbocycles. The van der Waals surface area contributed by atoms with E-state index >= 15 is 0 Å². The molecule has 3 aliphatic heterocycles. The van der Waals surface area contributed by atoms with Crippen LogP contribution in [0, 0.1) is 34.5 Å². The summed E-state index contributed by atoms with van der Waals surface area (Å²) in [6.45, 7) is 19.0. The zero-order valence-corrected chi connectivity index (χ0v) is 65.2. The molecular weight excluding hydrogens is 1460 g/mol. The predicted molar refractivity (Wildman–Crippen MR) is 405 cm³/mol. The third kappa shape index (κ3) is 19.2. The van der Waals surface area contributed by atoms with Crippen molar-refractivity contribution in [3.05, 3.63) is 131 Å². The lowest BCUT2D eigenvalue weighted by Gasteiger charge is -2.72. The normalized spacial score (nSPS) is 22.9. The number of halogens is 5. The van der Waals surface area contributed by atoms with E-state index in [4.69, 9.17) is 0 Å². The van der Waals surface area contributed by atoms with E-state index in [0.717, 1.165) is 83.3 Å². The van der Waals surface area contributed by atoms with Gasteiger partial charge in [0.25, 0.3) is 25.8 Å². The Bertz CT molecular complexity index is 4260. The molecule has 4 aromatic carbocycles. The molecule has 20 nitrogen and oxygen atoms in total. The van der Waals surface area contributed by atoms with Crippen LogP contribution in [-0.2, 0) is 39.0 Å². The van der Waals surface area contributed by atoms with Crippen LogP contribution < -0.4 is 30.9 Å². The molecule has 6 N–H and O–H groups in total. The van der Waals surface area contributed by atoms with Gasteiger partial charge in [-0.3, -0.25) is 28.9 Å². The largest absolute Gasteiger partial charge is 0.501 e. The van der Waals surface area contributed by atoms with Crippen molar-refractivity contribution in [2.75, 3.05) is 81.4 Å². The highest BCUT2D eigenvalue weighted by molar-refractivity contribution is 7.99. The van der Waals surface area contributed by atoms with Crippen LogP contribution in [0.25, 0.3) is 10.4 Å². The molecule has 582 valence electrons. The van der Waals surface area contributed by atoms with Gasteiger partial charge in [-0.15, -0.1) is 23.1 Å². The highest BCUT2D eigenvalue weighted by atomic mass is 32.2. The van der Waals surface area contributed by atoms with E-state index in [1.54, 1.807) is 29.0 Å². The average Bonchev–Trinajstić information content (AvgIpc) is 0.999. The van der Waals surface area contributed by atoms with Gasteiger partial charge in [0.05, 0.1) is 44.7 Å². The minimum absolute atomic E-state index is 0.0543. The molecule has 5 amide bonds.